The van der Waals surface area contributed by atoms with E-state index in [1.165, 1.54) is 24.3 Å². The standard InChI is InChI=1S/C23H21NO4S2/c1-19-14-16-22(17-15-19)30(27,28)24-29(26,21-11-6-3-7-12-21)18-8-13-23(25)20-9-4-2-5-10-20/h2-17H,18H2,1H3/b13-8+. The van der Waals surface area contributed by atoms with Crippen molar-refractivity contribution in [3.8, 4) is 0 Å². The smallest absolute Gasteiger partial charge is 0.289 e. The number of hydrogen-bond donors (Lipinski definition) is 0. The van der Waals surface area contributed by atoms with Crippen LogP contribution in [0.1, 0.15) is 15.9 Å². The number of aryl methyl sites for hydroxylation is 1. The van der Waals surface area contributed by atoms with Gasteiger partial charge in [-0.05, 0) is 37.3 Å². The van der Waals surface area contributed by atoms with Crippen molar-refractivity contribution in [3.63, 3.8) is 0 Å². The van der Waals surface area contributed by atoms with Crippen LogP contribution in [-0.2, 0) is 19.8 Å². The van der Waals surface area contributed by atoms with Gasteiger partial charge in [0.25, 0.3) is 10.0 Å². The van der Waals surface area contributed by atoms with E-state index in [2.05, 4.69) is 3.77 Å². The van der Waals surface area contributed by atoms with Gasteiger partial charge < -0.3 is 0 Å². The van der Waals surface area contributed by atoms with Crippen molar-refractivity contribution in [1.82, 2.24) is 0 Å². The Labute approximate surface area is 177 Å². The van der Waals surface area contributed by atoms with Crippen molar-refractivity contribution in [2.45, 2.75) is 16.7 Å². The van der Waals surface area contributed by atoms with Crippen molar-refractivity contribution < 1.29 is 17.4 Å². The molecule has 0 N–H and O–H groups in total. The van der Waals surface area contributed by atoms with Crippen LogP contribution in [0, 0.1) is 6.92 Å². The van der Waals surface area contributed by atoms with Crippen molar-refractivity contribution in [2.24, 2.45) is 3.77 Å². The molecule has 0 saturated heterocycles. The zero-order chi connectivity index (χ0) is 21.6. The van der Waals surface area contributed by atoms with Gasteiger partial charge in [-0.2, -0.15) is 8.42 Å². The predicted molar refractivity (Wildman–Crippen MR) is 118 cm³/mol. The molecule has 0 aliphatic heterocycles. The molecule has 0 fully saturated rings. The molecule has 0 bridgehead atoms. The van der Waals surface area contributed by atoms with E-state index in [0.29, 0.717) is 5.56 Å². The summed E-state index contributed by atoms with van der Waals surface area (Å²) in [7, 11) is -7.52. The van der Waals surface area contributed by atoms with Crippen molar-refractivity contribution in [2.75, 3.05) is 5.75 Å². The lowest BCUT2D eigenvalue weighted by atomic mass is 10.1. The number of rotatable bonds is 7. The number of hydrogen-bond acceptors (Lipinski definition) is 4. The molecule has 0 radical (unpaired) electrons. The van der Waals surface area contributed by atoms with Gasteiger partial charge in [0.1, 0.15) is 0 Å². The molecule has 5 nitrogen and oxygen atoms in total. The highest BCUT2D eigenvalue weighted by atomic mass is 32.3. The highest BCUT2D eigenvalue weighted by Gasteiger charge is 2.20. The van der Waals surface area contributed by atoms with E-state index in [0.717, 1.165) is 5.56 Å². The van der Waals surface area contributed by atoms with E-state index in [1.807, 2.05) is 6.92 Å². The van der Waals surface area contributed by atoms with E-state index in [-0.39, 0.29) is 21.3 Å². The molecule has 3 aromatic rings. The van der Waals surface area contributed by atoms with Gasteiger partial charge in [-0.15, -0.1) is 3.77 Å². The zero-order valence-corrected chi connectivity index (χ0v) is 18.0. The maximum atomic E-state index is 13.7. The minimum absolute atomic E-state index is 0.0268. The van der Waals surface area contributed by atoms with E-state index in [1.54, 1.807) is 72.8 Å². The molecule has 0 amide bonds. The predicted octanol–water partition coefficient (Wildman–Crippen LogP) is 4.65. The quantitative estimate of drug-likeness (QED) is 0.396. The minimum Gasteiger partial charge on any atom is -0.289 e. The van der Waals surface area contributed by atoms with Gasteiger partial charge in [-0.25, -0.2) is 4.21 Å². The molecule has 1 atom stereocenters. The maximum Gasteiger partial charge on any atom is 0.290 e. The molecule has 3 aromatic carbocycles. The SMILES string of the molecule is Cc1ccc(S(=O)(=O)N=S(=O)(C/C=C/C(=O)c2ccccc2)c2ccccc2)cc1. The first-order chi connectivity index (χ1) is 14.3. The van der Waals surface area contributed by atoms with Crippen LogP contribution in [-0.4, -0.2) is 24.2 Å². The number of nitrogens with zero attached hydrogens (tertiary/aromatic N) is 1. The molecule has 3 rings (SSSR count). The topological polar surface area (TPSA) is 80.6 Å². The average Bonchev–Trinajstić information content (AvgIpc) is 2.75. The summed E-state index contributed by atoms with van der Waals surface area (Å²) in [6, 6.07) is 23.1. The first-order valence-electron chi connectivity index (χ1n) is 9.19. The molecule has 0 heterocycles. The summed E-state index contributed by atoms with van der Waals surface area (Å²) < 4.78 is 43.1. The monoisotopic (exact) mass is 439 g/mol. The van der Waals surface area contributed by atoms with Crippen LogP contribution in [0.5, 0.6) is 0 Å². The second-order valence-corrected chi connectivity index (χ2v) is 10.7. The average molecular weight is 440 g/mol. The van der Waals surface area contributed by atoms with Gasteiger partial charge in [0, 0.05) is 10.5 Å². The van der Waals surface area contributed by atoms with Crippen molar-refractivity contribution in [1.29, 1.82) is 0 Å². The lowest BCUT2D eigenvalue weighted by Gasteiger charge is -2.09. The number of carbonyl (C=O) groups is 1. The van der Waals surface area contributed by atoms with Crippen molar-refractivity contribution >= 4 is 25.5 Å². The van der Waals surface area contributed by atoms with Crippen LogP contribution in [0.25, 0.3) is 0 Å². The third-order valence-corrected chi connectivity index (χ3v) is 8.57. The molecule has 0 aromatic heterocycles. The van der Waals surface area contributed by atoms with Gasteiger partial charge in [-0.3, -0.25) is 4.79 Å². The number of allylic oxidation sites excluding steroid dienone is 1. The summed E-state index contributed by atoms with van der Waals surface area (Å²) in [5.41, 5.74) is 1.39. The Morgan fingerprint density at radius 2 is 1.37 bits per heavy atom. The molecule has 0 saturated carbocycles. The van der Waals surface area contributed by atoms with Gasteiger partial charge in [0.05, 0.1) is 20.4 Å². The van der Waals surface area contributed by atoms with Gasteiger partial charge >= 0.3 is 0 Å². The number of carbonyl (C=O) groups excluding carboxylic acids is 1. The molecule has 0 spiro atoms. The van der Waals surface area contributed by atoms with Gasteiger partial charge in [0.15, 0.2) is 5.78 Å². The van der Waals surface area contributed by atoms with Crippen LogP contribution >= 0.6 is 0 Å². The molecular formula is C23H21NO4S2. The fraction of sp³-hybridized carbons (Fsp3) is 0.0870. The first-order valence-corrected chi connectivity index (χ1v) is 12.3. The molecule has 0 aliphatic carbocycles. The largest absolute Gasteiger partial charge is 0.290 e. The Morgan fingerprint density at radius 1 is 0.800 bits per heavy atom. The number of sulfonamides is 1. The van der Waals surface area contributed by atoms with E-state index >= 15 is 0 Å². The van der Waals surface area contributed by atoms with E-state index in [4.69, 9.17) is 0 Å². The molecule has 1 unspecified atom stereocenters. The Bertz CT molecular complexity index is 1270. The summed E-state index contributed by atoms with van der Waals surface area (Å²) in [5.74, 6) is -0.465. The number of ketones is 1. The van der Waals surface area contributed by atoms with Crippen LogP contribution in [0.2, 0.25) is 0 Å². The lowest BCUT2D eigenvalue weighted by Crippen LogP contribution is -2.10. The van der Waals surface area contributed by atoms with Crippen LogP contribution in [0.15, 0.2) is 111 Å². The minimum atomic E-state index is -4.15. The molecule has 7 heteroatoms. The Morgan fingerprint density at radius 3 is 1.97 bits per heavy atom. The van der Waals surface area contributed by atoms with Gasteiger partial charge in [0.2, 0.25) is 0 Å². The molecular weight excluding hydrogens is 418 g/mol. The summed E-state index contributed by atoms with van der Waals surface area (Å²) in [4.78, 5) is 12.5. The zero-order valence-electron chi connectivity index (χ0n) is 16.3. The van der Waals surface area contributed by atoms with E-state index < -0.39 is 19.8 Å². The third kappa shape index (κ3) is 5.31. The highest BCUT2D eigenvalue weighted by Crippen LogP contribution is 2.21. The normalized spacial score (nSPS) is 13.6. The van der Waals surface area contributed by atoms with Gasteiger partial charge in [-0.1, -0.05) is 72.3 Å². The summed E-state index contributed by atoms with van der Waals surface area (Å²) >= 11 is 0. The number of benzene rings is 3. The fourth-order valence-electron chi connectivity index (χ4n) is 2.70. The summed E-state index contributed by atoms with van der Waals surface area (Å²) in [6.45, 7) is 1.84. The second kappa shape index (κ2) is 9.19. The maximum absolute atomic E-state index is 13.7. The second-order valence-electron chi connectivity index (χ2n) is 6.62. The molecule has 0 aliphatic rings. The van der Waals surface area contributed by atoms with Crippen LogP contribution < -0.4 is 0 Å². The fourth-order valence-corrected chi connectivity index (χ4v) is 6.51. The highest BCUT2D eigenvalue weighted by molar-refractivity contribution is 8.03. The summed E-state index contributed by atoms with van der Waals surface area (Å²) in [5, 5.41) is 0. The Balaban J connectivity index is 1.99. The first kappa shape index (κ1) is 21.7. The molecule has 30 heavy (non-hydrogen) atoms. The summed E-state index contributed by atoms with van der Waals surface area (Å²) in [6.07, 6.45) is 2.71. The van der Waals surface area contributed by atoms with Crippen LogP contribution in [0.3, 0.4) is 0 Å². The van der Waals surface area contributed by atoms with Crippen LogP contribution in [0.4, 0.5) is 0 Å². The third-order valence-electron chi connectivity index (χ3n) is 4.30. The lowest BCUT2D eigenvalue weighted by molar-refractivity contribution is 0.104. The van der Waals surface area contributed by atoms with Crippen molar-refractivity contribution in [3.05, 3.63) is 108 Å². The van der Waals surface area contributed by atoms with E-state index in [9.17, 15) is 17.4 Å². The Hall–Kier alpha value is -3.03. The Kier molecular flexibility index (Phi) is 6.64. The molecule has 154 valence electrons.